The molecule has 0 aliphatic heterocycles. The number of aromatic nitrogens is 2. The van der Waals surface area contributed by atoms with Crippen LogP contribution in [0.3, 0.4) is 0 Å². The fourth-order valence-electron chi connectivity index (χ4n) is 3.59. The van der Waals surface area contributed by atoms with Crippen LogP contribution in [0.4, 0.5) is 16.2 Å². The van der Waals surface area contributed by atoms with Crippen molar-refractivity contribution in [2.45, 2.75) is 59.3 Å². The molecule has 0 radical (unpaired) electrons. The van der Waals surface area contributed by atoms with Crippen molar-refractivity contribution in [2.24, 2.45) is 0 Å². The second-order valence-electron chi connectivity index (χ2n) is 8.83. The first-order chi connectivity index (χ1) is 15.2. The van der Waals surface area contributed by atoms with Gasteiger partial charge in [-0.15, -0.1) is 0 Å². The van der Waals surface area contributed by atoms with Crippen LogP contribution in [0.2, 0.25) is 5.02 Å². The molecule has 32 heavy (non-hydrogen) atoms. The first kappa shape index (κ1) is 23.7. The lowest BCUT2D eigenvalue weighted by atomic mass is 9.93. The van der Waals surface area contributed by atoms with Gasteiger partial charge in [0.05, 0.1) is 22.6 Å². The number of anilines is 2. The number of nitrogens with zero attached hydrogens (tertiary/aromatic N) is 2. The highest BCUT2D eigenvalue weighted by atomic mass is 35.5. The van der Waals surface area contributed by atoms with E-state index in [4.69, 9.17) is 16.6 Å². The zero-order valence-corrected chi connectivity index (χ0v) is 20.3. The van der Waals surface area contributed by atoms with Crippen molar-refractivity contribution >= 4 is 29.0 Å². The van der Waals surface area contributed by atoms with Gasteiger partial charge in [0.25, 0.3) is 0 Å². The number of hydrogen-bond acceptors (Lipinski definition) is 3. The third kappa shape index (κ3) is 5.28. The molecule has 0 aliphatic rings. The van der Waals surface area contributed by atoms with Crippen LogP contribution in [0, 0.1) is 0 Å². The standard InChI is InChI=1S/C26H31ClN4O/c1-15(2)18-11-9-12-19(16(3)4)23(18)31-26(32)29-22-14-28-25(17(5)6)30-24(22)20-10-7-8-13-21(20)27/h7-17H,1-6H3,(H2,29,31,32). The molecule has 2 amide bonds. The van der Waals surface area contributed by atoms with Crippen molar-refractivity contribution < 1.29 is 4.79 Å². The van der Waals surface area contributed by atoms with Gasteiger partial charge < -0.3 is 10.6 Å². The largest absolute Gasteiger partial charge is 0.323 e. The molecule has 0 atom stereocenters. The fraction of sp³-hybridized carbons (Fsp3) is 0.346. The summed E-state index contributed by atoms with van der Waals surface area (Å²) in [5, 5.41) is 6.60. The Labute approximate surface area is 195 Å². The van der Waals surface area contributed by atoms with Gasteiger partial charge in [-0.3, -0.25) is 0 Å². The van der Waals surface area contributed by atoms with Crippen molar-refractivity contribution in [3.8, 4) is 11.3 Å². The minimum Gasteiger partial charge on any atom is -0.307 e. The molecule has 0 unspecified atom stereocenters. The molecular weight excluding hydrogens is 420 g/mol. The Morgan fingerprint density at radius 1 is 0.844 bits per heavy atom. The Balaban J connectivity index is 1.98. The zero-order chi connectivity index (χ0) is 23.4. The average molecular weight is 451 g/mol. The van der Waals surface area contributed by atoms with E-state index in [2.05, 4.69) is 55.4 Å². The Hall–Kier alpha value is -2.92. The molecule has 1 heterocycles. The molecule has 3 aromatic rings. The highest BCUT2D eigenvalue weighted by Gasteiger charge is 2.19. The summed E-state index contributed by atoms with van der Waals surface area (Å²) in [5.74, 6) is 1.39. The molecule has 6 heteroatoms. The predicted molar refractivity (Wildman–Crippen MR) is 134 cm³/mol. The van der Waals surface area contributed by atoms with Gasteiger partial charge in [0, 0.05) is 17.2 Å². The first-order valence-corrected chi connectivity index (χ1v) is 11.4. The molecule has 0 saturated heterocycles. The number of halogens is 1. The van der Waals surface area contributed by atoms with Gasteiger partial charge in [-0.25, -0.2) is 14.8 Å². The van der Waals surface area contributed by atoms with Crippen LogP contribution in [0.15, 0.2) is 48.7 Å². The second kappa shape index (κ2) is 10.1. The number of urea groups is 1. The Morgan fingerprint density at radius 3 is 2.03 bits per heavy atom. The maximum absolute atomic E-state index is 13.1. The molecule has 2 aromatic carbocycles. The minimum atomic E-state index is -0.339. The summed E-state index contributed by atoms with van der Waals surface area (Å²) >= 11 is 6.45. The summed E-state index contributed by atoms with van der Waals surface area (Å²) in [6.07, 6.45) is 1.65. The number of carbonyl (C=O) groups is 1. The lowest BCUT2D eigenvalue weighted by Gasteiger charge is -2.21. The maximum Gasteiger partial charge on any atom is 0.323 e. The van der Waals surface area contributed by atoms with Crippen LogP contribution >= 0.6 is 11.6 Å². The van der Waals surface area contributed by atoms with Gasteiger partial charge in [-0.2, -0.15) is 0 Å². The molecule has 168 valence electrons. The predicted octanol–water partition coefficient (Wildman–Crippen LogP) is 7.81. The van der Waals surface area contributed by atoms with Crippen molar-refractivity contribution in [3.63, 3.8) is 0 Å². The van der Waals surface area contributed by atoms with Crippen LogP contribution in [0.5, 0.6) is 0 Å². The highest BCUT2D eigenvalue weighted by molar-refractivity contribution is 6.33. The van der Waals surface area contributed by atoms with Gasteiger partial charge in [0.2, 0.25) is 0 Å². The van der Waals surface area contributed by atoms with Crippen LogP contribution in [-0.4, -0.2) is 16.0 Å². The van der Waals surface area contributed by atoms with Crippen molar-refractivity contribution in [2.75, 3.05) is 10.6 Å². The van der Waals surface area contributed by atoms with E-state index in [-0.39, 0.29) is 23.8 Å². The average Bonchev–Trinajstić information content (AvgIpc) is 2.74. The third-order valence-electron chi connectivity index (χ3n) is 5.31. The van der Waals surface area contributed by atoms with E-state index in [1.165, 1.54) is 0 Å². The molecule has 0 fully saturated rings. The van der Waals surface area contributed by atoms with Crippen molar-refractivity contribution in [3.05, 3.63) is 70.6 Å². The lowest BCUT2D eigenvalue weighted by Crippen LogP contribution is -2.22. The van der Waals surface area contributed by atoms with E-state index >= 15 is 0 Å². The van der Waals surface area contributed by atoms with Gasteiger partial charge in [0.15, 0.2) is 0 Å². The highest BCUT2D eigenvalue weighted by Crippen LogP contribution is 2.34. The minimum absolute atomic E-state index is 0.144. The Kier molecular flexibility index (Phi) is 7.52. The molecule has 0 bridgehead atoms. The summed E-state index contributed by atoms with van der Waals surface area (Å²) in [4.78, 5) is 22.3. The maximum atomic E-state index is 13.1. The number of hydrogen-bond donors (Lipinski definition) is 2. The SMILES string of the molecule is CC(C)c1ncc(NC(=O)Nc2c(C(C)C)cccc2C(C)C)c(-c2ccccc2Cl)n1. The van der Waals surface area contributed by atoms with E-state index in [0.717, 1.165) is 22.4 Å². The van der Waals surface area contributed by atoms with E-state index < -0.39 is 0 Å². The molecule has 2 N–H and O–H groups in total. The number of benzene rings is 2. The van der Waals surface area contributed by atoms with Crippen molar-refractivity contribution in [1.29, 1.82) is 0 Å². The Morgan fingerprint density at radius 2 is 1.47 bits per heavy atom. The van der Waals surface area contributed by atoms with Gasteiger partial charge in [-0.1, -0.05) is 89.5 Å². The summed E-state index contributed by atoms with van der Waals surface area (Å²) in [7, 11) is 0. The summed E-state index contributed by atoms with van der Waals surface area (Å²) < 4.78 is 0. The molecular formula is C26H31ClN4O. The van der Waals surface area contributed by atoms with E-state index in [9.17, 15) is 4.79 Å². The number of para-hydroxylation sites is 1. The van der Waals surface area contributed by atoms with E-state index in [1.807, 2.05) is 44.2 Å². The Bertz CT molecular complexity index is 1080. The monoisotopic (exact) mass is 450 g/mol. The molecule has 5 nitrogen and oxygen atoms in total. The fourth-order valence-corrected chi connectivity index (χ4v) is 3.81. The molecule has 1 aromatic heterocycles. The topological polar surface area (TPSA) is 66.9 Å². The van der Waals surface area contributed by atoms with Gasteiger partial charge in [-0.05, 0) is 29.0 Å². The van der Waals surface area contributed by atoms with E-state index in [1.54, 1.807) is 6.20 Å². The third-order valence-corrected chi connectivity index (χ3v) is 5.64. The molecule has 0 saturated carbocycles. The number of rotatable bonds is 6. The molecule has 0 spiro atoms. The number of amides is 2. The number of nitrogens with one attached hydrogen (secondary N) is 2. The smallest absolute Gasteiger partial charge is 0.307 e. The van der Waals surface area contributed by atoms with Gasteiger partial charge in [0.1, 0.15) is 5.82 Å². The second-order valence-corrected chi connectivity index (χ2v) is 9.23. The molecule has 3 rings (SSSR count). The molecule has 0 aliphatic carbocycles. The normalized spacial score (nSPS) is 11.3. The summed E-state index contributed by atoms with van der Waals surface area (Å²) in [6.45, 7) is 12.5. The van der Waals surface area contributed by atoms with Crippen molar-refractivity contribution in [1.82, 2.24) is 9.97 Å². The van der Waals surface area contributed by atoms with Crippen LogP contribution in [0.1, 0.15) is 76.2 Å². The zero-order valence-electron chi connectivity index (χ0n) is 19.5. The number of carbonyl (C=O) groups excluding carboxylic acids is 1. The van der Waals surface area contributed by atoms with Crippen LogP contribution in [-0.2, 0) is 0 Å². The summed E-state index contributed by atoms with van der Waals surface area (Å²) in [6, 6.07) is 13.3. The summed E-state index contributed by atoms with van der Waals surface area (Å²) in [5.41, 5.74) is 4.92. The van der Waals surface area contributed by atoms with E-state index in [0.29, 0.717) is 22.2 Å². The lowest BCUT2D eigenvalue weighted by molar-refractivity contribution is 0.262. The quantitative estimate of drug-likeness (QED) is 0.402. The van der Waals surface area contributed by atoms with Crippen LogP contribution in [0.25, 0.3) is 11.3 Å². The van der Waals surface area contributed by atoms with Gasteiger partial charge >= 0.3 is 6.03 Å². The first-order valence-electron chi connectivity index (χ1n) is 11.0. The van der Waals surface area contributed by atoms with Crippen LogP contribution < -0.4 is 10.6 Å².